The van der Waals surface area contributed by atoms with Gasteiger partial charge in [-0.2, -0.15) is 0 Å². The van der Waals surface area contributed by atoms with Crippen LogP contribution < -0.4 is 10.6 Å². The Morgan fingerprint density at radius 2 is 2.00 bits per heavy atom. The van der Waals surface area contributed by atoms with E-state index in [4.69, 9.17) is 11.6 Å². The average molecular weight is 388 g/mol. The van der Waals surface area contributed by atoms with Crippen molar-refractivity contribution in [2.24, 2.45) is 5.92 Å². The minimum Gasteiger partial charge on any atom is -0.340 e. The van der Waals surface area contributed by atoms with E-state index in [0.29, 0.717) is 10.6 Å². The van der Waals surface area contributed by atoms with E-state index >= 15 is 0 Å². The molecule has 140 valence electrons. The number of likely N-dealkylation sites (N-methyl/N-ethyl adjacent to an activating group) is 1. The number of carbonyl (C=O) groups is 2. The van der Waals surface area contributed by atoms with Gasteiger partial charge in [0.1, 0.15) is 6.04 Å². The highest BCUT2D eigenvalue weighted by Crippen LogP contribution is 2.16. The number of nitrogens with zero attached hydrogens (tertiary/aromatic N) is 1. The summed E-state index contributed by atoms with van der Waals surface area (Å²) in [4.78, 5) is 27.2. The van der Waals surface area contributed by atoms with E-state index in [1.165, 1.54) is 0 Å². The second-order valence-corrected chi connectivity index (χ2v) is 6.88. The van der Waals surface area contributed by atoms with Gasteiger partial charge in [-0.25, -0.2) is 0 Å². The van der Waals surface area contributed by atoms with Crippen molar-refractivity contribution >= 4 is 35.8 Å². The van der Waals surface area contributed by atoms with Crippen molar-refractivity contribution in [3.63, 3.8) is 0 Å². The van der Waals surface area contributed by atoms with Crippen molar-refractivity contribution in [3.8, 4) is 0 Å². The molecular weight excluding hydrogens is 361 g/mol. The molecule has 1 aromatic rings. The topological polar surface area (TPSA) is 61.4 Å². The molecule has 1 aliphatic rings. The summed E-state index contributed by atoms with van der Waals surface area (Å²) in [6.45, 7) is 5.75. The van der Waals surface area contributed by atoms with Gasteiger partial charge >= 0.3 is 0 Å². The van der Waals surface area contributed by atoms with Crippen molar-refractivity contribution in [2.75, 3.05) is 20.1 Å². The molecule has 0 aromatic heterocycles. The van der Waals surface area contributed by atoms with E-state index in [0.717, 1.165) is 25.9 Å². The predicted molar refractivity (Wildman–Crippen MR) is 103 cm³/mol. The molecule has 1 aliphatic heterocycles. The zero-order chi connectivity index (χ0) is 17.7. The van der Waals surface area contributed by atoms with Gasteiger partial charge in [-0.3, -0.25) is 9.59 Å². The third-order valence-corrected chi connectivity index (χ3v) is 5.05. The Balaban J connectivity index is 0.00000312. The summed E-state index contributed by atoms with van der Waals surface area (Å²) in [5.74, 6) is -0.214. The predicted octanol–water partition coefficient (Wildman–Crippen LogP) is 2.73. The van der Waals surface area contributed by atoms with Gasteiger partial charge < -0.3 is 15.5 Å². The van der Waals surface area contributed by atoms with Gasteiger partial charge in [-0.1, -0.05) is 31.9 Å². The summed E-state index contributed by atoms with van der Waals surface area (Å²) in [6.07, 6.45) is 1.76. The van der Waals surface area contributed by atoms with Gasteiger partial charge in [0.05, 0.1) is 0 Å². The summed E-state index contributed by atoms with van der Waals surface area (Å²) in [7, 11) is 1.82. The van der Waals surface area contributed by atoms with Crippen molar-refractivity contribution in [3.05, 3.63) is 34.9 Å². The maximum absolute atomic E-state index is 12.9. The van der Waals surface area contributed by atoms with E-state index in [1.807, 2.05) is 20.9 Å². The first-order chi connectivity index (χ1) is 11.4. The van der Waals surface area contributed by atoms with Crippen LogP contribution in [0.25, 0.3) is 0 Å². The lowest BCUT2D eigenvalue weighted by atomic mass is 9.96. The molecule has 5 nitrogen and oxygen atoms in total. The number of hydrogen-bond donors (Lipinski definition) is 2. The van der Waals surface area contributed by atoms with Gasteiger partial charge in [0.15, 0.2) is 0 Å². The highest BCUT2D eigenvalue weighted by atomic mass is 35.5. The van der Waals surface area contributed by atoms with Crippen LogP contribution in [0.5, 0.6) is 0 Å². The molecule has 25 heavy (non-hydrogen) atoms. The molecule has 2 N–H and O–H groups in total. The molecule has 0 aliphatic carbocycles. The molecule has 2 amide bonds. The number of hydrogen-bond acceptors (Lipinski definition) is 3. The molecule has 1 fully saturated rings. The SMILES string of the molecule is CCC(C)C(NC(=O)c1ccc(Cl)cc1)C(=O)N(C)C1CCNC1.Cl. The van der Waals surface area contributed by atoms with Crippen molar-refractivity contribution in [1.82, 2.24) is 15.5 Å². The summed E-state index contributed by atoms with van der Waals surface area (Å²) >= 11 is 5.86. The Labute approximate surface area is 160 Å². The summed E-state index contributed by atoms with van der Waals surface area (Å²) in [6, 6.07) is 6.35. The van der Waals surface area contributed by atoms with Crippen LogP contribution in [0.3, 0.4) is 0 Å². The third-order valence-electron chi connectivity index (χ3n) is 4.80. The Morgan fingerprint density at radius 3 is 2.52 bits per heavy atom. The second-order valence-electron chi connectivity index (χ2n) is 6.44. The van der Waals surface area contributed by atoms with Crippen LogP contribution in [0, 0.1) is 5.92 Å². The highest BCUT2D eigenvalue weighted by molar-refractivity contribution is 6.30. The van der Waals surface area contributed by atoms with Crippen LogP contribution in [-0.2, 0) is 4.79 Å². The highest BCUT2D eigenvalue weighted by Gasteiger charge is 2.32. The Morgan fingerprint density at radius 1 is 1.36 bits per heavy atom. The molecule has 3 atom stereocenters. The van der Waals surface area contributed by atoms with Gasteiger partial charge in [0.25, 0.3) is 5.91 Å². The molecule has 1 saturated heterocycles. The van der Waals surface area contributed by atoms with E-state index < -0.39 is 6.04 Å². The number of carbonyl (C=O) groups excluding carboxylic acids is 2. The minimum atomic E-state index is -0.524. The summed E-state index contributed by atoms with van der Waals surface area (Å²) in [5, 5.41) is 6.76. The number of amides is 2. The van der Waals surface area contributed by atoms with Crippen LogP contribution in [0.4, 0.5) is 0 Å². The van der Waals surface area contributed by atoms with Gasteiger partial charge in [0, 0.05) is 30.2 Å². The van der Waals surface area contributed by atoms with Crippen molar-refractivity contribution < 1.29 is 9.59 Å². The molecule has 7 heteroatoms. The van der Waals surface area contributed by atoms with E-state index in [1.54, 1.807) is 29.2 Å². The molecule has 0 radical (unpaired) electrons. The lowest BCUT2D eigenvalue weighted by molar-refractivity contribution is -0.135. The van der Waals surface area contributed by atoms with Crippen LogP contribution >= 0.6 is 24.0 Å². The third kappa shape index (κ3) is 5.59. The van der Waals surface area contributed by atoms with Crippen molar-refractivity contribution in [1.29, 1.82) is 0 Å². The fourth-order valence-corrected chi connectivity index (χ4v) is 3.00. The van der Waals surface area contributed by atoms with Crippen molar-refractivity contribution in [2.45, 2.75) is 38.8 Å². The fraction of sp³-hybridized carbons (Fsp3) is 0.556. The zero-order valence-corrected chi connectivity index (χ0v) is 16.5. The normalized spacial score (nSPS) is 18.8. The maximum atomic E-state index is 12.9. The number of benzene rings is 1. The molecule has 3 unspecified atom stereocenters. The molecule has 1 heterocycles. The average Bonchev–Trinajstić information content (AvgIpc) is 3.12. The molecule has 2 rings (SSSR count). The lowest BCUT2D eigenvalue weighted by Gasteiger charge is -2.31. The van der Waals surface area contributed by atoms with Crippen LogP contribution in [0.15, 0.2) is 24.3 Å². The number of rotatable bonds is 6. The first-order valence-electron chi connectivity index (χ1n) is 8.47. The smallest absolute Gasteiger partial charge is 0.251 e. The number of nitrogens with one attached hydrogen (secondary N) is 2. The van der Waals surface area contributed by atoms with E-state index in [-0.39, 0.29) is 36.2 Å². The maximum Gasteiger partial charge on any atom is 0.251 e. The first-order valence-corrected chi connectivity index (χ1v) is 8.85. The zero-order valence-electron chi connectivity index (χ0n) is 14.9. The molecule has 0 saturated carbocycles. The largest absolute Gasteiger partial charge is 0.340 e. The van der Waals surface area contributed by atoms with Gasteiger partial charge in [0.2, 0.25) is 5.91 Å². The molecule has 0 bridgehead atoms. The summed E-state index contributed by atoms with van der Waals surface area (Å²) < 4.78 is 0. The standard InChI is InChI=1S/C18H26ClN3O2.ClH/c1-4-12(2)16(18(24)22(3)15-9-10-20-11-15)21-17(23)13-5-7-14(19)8-6-13;/h5-8,12,15-16,20H,4,9-11H2,1-3H3,(H,21,23);1H. The Hall–Kier alpha value is -1.30. The fourth-order valence-electron chi connectivity index (χ4n) is 2.88. The second kappa shape index (κ2) is 10.00. The minimum absolute atomic E-state index is 0. The van der Waals surface area contributed by atoms with Crippen LogP contribution in [0.2, 0.25) is 5.02 Å². The monoisotopic (exact) mass is 387 g/mol. The quantitative estimate of drug-likeness (QED) is 0.788. The van der Waals surface area contributed by atoms with Gasteiger partial charge in [-0.15, -0.1) is 12.4 Å². The van der Waals surface area contributed by atoms with Gasteiger partial charge in [-0.05, 0) is 43.1 Å². The van der Waals surface area contributed by atoms with E-state index in [2.05, 4.69) is 10.6 Å². The van der Waals surface area contributed by atoms with E-state index in [9.17, 15) is 9.59 Å². The molecule has 0 spiro atoms. The first kappa shape index (κ1) is 21.7. The Kier molecular flexibility index (Phi) is 8.69. The number of halogens is 2. The Bertz CT molecular complexity index is 574. The lowest BCUT2D eigenvalue weighted by Crippen LogP contribution is -2.53. The van der Waals surface area contributed by atoms with Crippen LogP contribution in [-0.4, -0.2) is 48.9 Å². The molecular formula is C18H27Cl2N3O2. The molecule has 1 aromatic carbocycles. The summed E-state index contributed by atoms with van der Waals surface area (Å²) in [5.41, 5.74) is 0.505. The van der Waals surface area contributed by atoms with Crippen LogP contribution in [0.1, 0.15) is 37.0 Å².